The van der Waals surface area contributed by atoms with Crippen LogP contribution in [0.15, 0.2) is 6.07 Å². The number of morpholine rings is 1. The molecule has 0 N–H and O–H groups in total. The number of halogens is 1. The van der Waals surface area contributed by atoms with E-state index in [2.05, 4.69) is 43.8 Å². The highest BCUT2D eigenvalue weighted by atomic mass is 35.5. The van der Waals surface area contributed by atoms with Crippen molar-refractivity contribution in [1.29, 1.82) is 0 Å². The van der Waals surface area contributed by atoms with Gasteiger partial charge in [0.25, 0.3) is 0 Å². The van der Waals surface area contributed by atoms with Crippen LogP contribution in [0, 0.1) is 0 Å². The zero-order valence-electron chi connectivity index (χ0n) is 18.4. The molecule has 3 heterocycles. The molecule has 3 fully saturated rings. The molecule has 1 aliphatic carbocycles. The normalized spacial score (nSPS) is 27.4. The van der Waals surface area contributed by atoms with Gasteiger partial charge in [0.2, 0.25) is 5.95 Å². The van der Waals surface area contributed by atoms with Gasteiger partial charge in [0.05, 0.1) is 25.4 Å². The fourth-order valence-corrected chi connectivity index (χ4v) is 5.55. The van der Waals surface area contributed by atoms with E-state index < -0.39 is 14.4 Å². The summed E-state index contributed by atoms with van der Waals surface area (Å²) in [6.45, 7) is 13.7. The van der Waals surface area contributed by atoms with Crippen molar-refractivity contribution in [2.75, 3.05) is 36.1 Å². The molecule has 3 aliphatic rings. The van der Waals surface area contributed by atoms with Gasteiger partial charge < -0.3 is 18.8 Å². The number of nitrogens with zero attached hydrogens (tertiary/aromatic N) is 4. The third kappa shape index (κ3) is 4.04. The van der Waals surface area contributed by atoms with Crippen LogP contribution in [0.3, 0.4) is 0 Å². The number of amides is 1. The molecule has 1 aromatic heterocycles. The van der Waals surface area contributed by atoms with Gasteiger partial charge in [0.1, 0.15) is 17.1 Å². The lowest BCUT2D eigenvalue weighted by atomic mass is 10.2. The third-order valence-corrected chi connectivity index (χ3v) is 11.4. The third-order valence-electron chi connectivity index (χ3n) is 6.72. The summed E-state index contributed by atoms with van der Waals surface area (Å²) in [5.74, 6) is 1.01. The number of rotatable bonds is 4. The second-order valence-corrected chi connectivity index (χ2v) is 14.9. The minimum atomic E-state index is -1.97. The van der Waals surface area contributed by atoms with Gasteiger partial charge in [-0.3, -0.25) is 4.90 Å². The lowest BCUT2D eigenvalue weighted by Crippen LogP contribution is -2.47. The zero-order valence-corrected chi connectivity index (χ0v) is 20.1. The maximum absolute atomic E-state index is 12.8. The van der Waals surface area contributed by atoms with Gasteiger partial charge in [0, 0.05) is 19.2 Å². The van der Waals surface area contributed by atoms with Crippen LogP contribution in [0.2, 0.25) is 23.3 Å². The van der Waals surface area contributed by atoms with Crippen LogP contribution >= 0.6 is 11.6 Å². The second kappa shape index (κ2) is 7.92. The summed E-state index contributed by atoms with van der Waals surface area (Å²) in [5.41, 5.74) is 0. The van der Waals surface area contributed by atoms with E-state index >= 15 is 0 Å². The number of fused-ring (bicyclic) bond motifs is 1. The van der Waals surface area contributed by atoms with Gasteiger partial charge in [-0.2, -0.15) is 4.98 Å². The van der Waals surface area contributed by atoms with Crippen molar-refractivity contribution in [1.82, 2.24) is 9.97 Å². The lowest BCUT2D eigenvalue weighted by Gasteiger charge is -2.39. The number of hydrogen-bond acceptors (Lipinski definition) is 7. The molecule has 4 rings (SSSR count). The summed E-state index contributed by atoms with van der Waals surface area (Å²) in [4.78, 5) is 25.5. The molecule has 166 valence electrons. The van der Waals surface area contributed by atoms with E-state index in [4.69, 9.17) is 25.5 Å². The molecular weight excluding hydrogens is 424 g/mol. The van der Waals surface area contributed by atoms with Crippen LogP contribution in [0.1, 0.15) is 33.6 Å². The molecule has 10 heteroatoms. The Bertz CT molecular complexity index is 812. The Hall–Kier alpha value is -1.42. The number of ether oxygens (including phenoxy) is 2. The highest BCUT2D eigenvalue weighted by molar-refractivity contribution is 6.74. The van der Waals surface area contributed by atoms with E-state index in [0.29, 0.717) is 43.2 Å². The molecule has 3 unspecified atom stereocenters. The van der Waals surface area contributed by atoms with Gasteiger partial charge in [0.15, 0.2) is 8.32 Å². The molecule has 30 heavy (non-hydrogen) atoms. The van der Waals surface area contributed by atoms with Gasteiger partial charge in [-0.15, -0.1) is 0 Å². The zero-order chi connectivity index (χ0) is 21.7. The quantitative estimate of drug-likeness (QED) is 0.505. The molecule has 2 saturated heterocycles. The predicted octanol–water partition coefficient (Wildman–Crippen LogP) is 3.84. The van der Waals surface area contributed by atoms with Crippen molar-refractivity contribution in [2.45, 2.75) is 70.0 Å². The number of anilines is 2. The highest BCUT2D eigenvalue weighted by Crippen LogP contribution is 2.43. The standard InChI is InChI=1S/C20H31ClN4O4Si/c1-20(2,3)30(4,5)29-14-7-6-13-17(14)28-19(26)25(13)16-12-15(21)22-18(23-16)24-8-10-27-11-9-24/h12-14,17H,6-11H2,1-5H3. The molecule has 0 spiro atoms. The SMILES string of the molecule is CC(C)(C)[Si](C)(C)OC1CCC2C1OC(=O)N2c1cc(Cl)nc(N2CCOCC2)n1. The van der Waals surface area contributed by atoms with E-state index in [-0.39, 0.29) is 23.3 Å². The van der Waals surface area contributed by atoms with Gasteiger partial charge in [-0.05, 0) is 31.0 Å². The molecule has 1 amide bonds. The smallest absolute Gasteiger partial charge is 0.416 e. The molecule has 0 aromatic carbocycles. The first-order valence-electron chi connectivity index (χ1n) is 10.6. The Morgan fingerprint density at radius 2 is 1.90 bits per heavy atom. The summed E-state index contributed by atoms with van der Waals surface area (Å²) in [6.07, 6.45) is 0.912. The minimum Gasteiger partial charge on any atom is -0.441 e. The van der Waals surface area contributed by atoms with E-state index in [1.807, 2.05) is 4.90 Å². The first kappa shape index (κ1) is 21.8. The van der Waals surface area contributed by atoms with E-state index in [1.54, 1.807) is 11.0 Å². The monoisotopic (exact) mass is 454 g/mol. The average molecular weight is 455 g/mol. The minimum absolute atomic E-state index is 0.0825. The van der Waals surface area contributed by atoms with Crippen molar-refractivity contribution >= 4 is 37.8 Å². The number of carbonyl (C=O) groups is 1. The fraction of sp³-hybridized carbons (Fsp3) is 0.750. The van der Waals surface area contributed by atoms with Crippen molar-refractivity contribution in [2.24, 2.45) is 0 Å². The van der Waals surface area contributed by atoms with Crippen LogP contribution in [0.5, 0.6) is 0 Å². The molecule has 8 nitrogen and oxygen atoms in total. The largest absolute Gasteiger partial charge is 0.441 e. The molecule has 0 bridgehead atoms. The Labute approximate surface area is 184 Å². The fourth-order valence-electron chi connectivity index (χ4n) is 4.02. The van der Waals surface area contributed by atoms with E-state index in [1.165, 1.54) is 0 Å². The maximum atomic E-state index is 12.8. The van der Waals surface area contributed by atoms with Crippen LogP contribution in [-0.4, -0.2) is 68.9 Å². The Morgan fingerprint density at radius 1 is 1.20 bits per heavy atom. The first-order valence-corrected chi connectivity index (χ1v) is 13.9. The lowest BCUT2D eigenvalue weighted by molar-refractivity contribution is 0.0496. The van der Waals surface area contributed by atoms with Crippen LogP contribution < -0.4 is 9.80 Å². The number of hydrogen-bond donors (Lipinski definition) is 0. The number of aromatic nitrogens is 2. The summed E-state index contributed by atoms with van der Waals surface area (Å²) in [6, 6.07) is 1.53. The molecule has 3 atom stereocenters. The Balaban J connectivity index is 1.56. The summed E-state index contributed by atoms with van der Waals surface area (Å²) < 4.78 is 17.8. The maximum Gasteiger partial charge on any atom is 0.416 e. The van der Waals surface area contributed by atoms with Crippen molar-refractivity contribution < 1.29 is 18.7 Å². The topological polar surface area (TPSA) is 77.0 Å². The van der Waals surface area contributed by atoms with Crippen LogP contribution in [0.4, 0.5) is 16.6 Å². The predicted molar refractivity (Wildman–Crippen MR) is 118 cm³/mol. The van der Waals surface area contributed by atoms with Crippen molar-refractivity contribution in [3.63, 3.8) is 0 Å². The number of carbonyl (C=O) groups excluding carboxylic acids is 1. The Kier molecular flexibility index (Phi) is 5.76. The molecular formula is C20H31ClN4O4Si. The molecule has 1 aromatic rings. The van der Waals surface area contributed by atoms with Crippen molar-refractivity contribution in [3.8, 4) is 0 Å². The summed E-state index contributed by atoms with van der Waals surface area (Å²) in [7, 11) is -1.97. The summed E-state index contributed by atoms with van der Waals surface area (Å²) in [5, 5.41) is 0.408. The van der Waals surface area contributed by atoms with Crippen LogP contribution in [-0.2, 0) is 13.9 Å². The highest BCUT2D eigenvalue weighted by Gasteiger charge is 2.54. The second-order valence-electron chi connectivity index (χ2n) is 9.73. The van der Waals surface area contributed by atoms with Crippen LogP contribution in [0.25, 0.3) is 0 Å². The average Bonchev–Trinajstić information content (AvgIpc) is 3.19. The van der Waals surface area contributed by atoms with Gasteiger partial charge in [-0.1, -0.05) is 32.4 Å². The molecule has 0 radical (unpaired) electrons. The summed E-state index contributed by atoms with van der Waals surface area (Å²) >= 11 is 6.30. The Morgan fingerprint density at radius 3 is 2.57 bits per heavy atom. The van der Waals surface area contributed by atoms with E-state index in [0.717, 1.165) is 12.8 Å². The molecule has 1 saturated carbocycles. The first-order chi connectivity index (χ1) is 14.1. The van der Waals surface area contributed by atoms with E-state index in [9.17, 15) is 4.79 Å². The van der Waals surface area contributed by atoms with Crippen molar-refractivity contribution in [3.05, 3.63) is 11.2 Å². The van der Waals surface area contributed by atoms with Gasteiger partial charge in [-0.25, -0.2) is 9.78 Å². The van der Waals surface area contributed by atoms with Gasteiger partial charge >= 0.3 is 6.09 Å². The molecule has 2 aliphatic heterocycles.